The number of fused-ring (bicyclic) bond motifs is 1. The number of nitrogens with one attached hydrogen (secondary N) is 1. The van der Waals surface area contributed by atoms with E-state index < -0.39 is 29.9 Å². The zero-order valence-corrected chi connectivity index (χ0v) is 26.0. The van der Waals surface area contributed by atoms with Crippen LogP contribution in [0.1, 0.15) is 54.1 Å². The molecule has 10 nitrogen and oxygen atoms in total. The number of aromatic nitrogens is 4. The monoisotopic (exact) mass is 665 g/mol. The molecule has 252 valence electrons. The molecular formula is C34H35F4N7O3. The molecule has 14 heteroatoms. The zero-order valence-electron chi connectivity index (χ0n) is 26.0. The van der Waals surface area contributed by atoms with E-state index in [9.17, 15) is 27.5 Å². The van der Waals surface area contributed by atoms with Gasteiger partial charge in [0.1, 0.15) is 42.4 Å². The van der Waals surface area contributed by atoms with Crippen molar-refractivity contribution < 1.29 is 32.2 Å². The van der Waals surface area contributed by atoms with Crippen molar-refractivity contribution in [3.63, 3.8) is 0 Å². The molecular weight excluding hydrogens is 630 g/mol. The number of nitrogens with zero attached hydrogens (tertiary/aromatic N) is 6. The van der Waals surface area contributed by atoms with Gasteiger partial charge in [0, 0.05) is 55.8 Å². The normalized spacial score (nSPS) is 19.8. The SMILES string of the molecule is O=C(OCc1ccccc1)N1CCCC1Cn1cc(-c2ccc(F)c(C(F)(F)F)c2)nc1C1CCN(c2ncnc3c2CC(O)N3)CC1. The van der Waals surface area contributed by atoms with Gasteiger partial charge in [0.05, 0.1) is 17.3 Å². The average molecular weight is 666 g/mol. The van der Waals surface area contributed by atoms with Crippen LogP contribution in [0.5, 0.6) is 0 Å². The van der Waals surface area contributed by atoms with Crippen molar-refractivity contribution in [2.75, 3.05) is 29.9 Å². The van der Waals surface area contributed by atoms with Crippen molar-refractivity contribution in [1.29, 1.82) is 0 Å². The van der Waals surface area contributed by atoms with E-state index in [2.05, 4.69) is 20.2 Å². The number of benzene rings is 2. The summed E-state index contributed by atoms with van der Waals surface area (Å²) >= 11 is 0. The lowest BCUT2D eigenvalue weighted by atomic mass is 9.95. The van der Waals surface area contributed by atoms with Crippen LogP contribution < -0.4 is 10.2 Å². The zero-order chi connectivity index (χ0) is 33.4. The molecule has 2 unspecified atom stereocenters. The number of piperidine rings is 1. The number of aliphatic hydroxyl groups is 1. The van der Waals surface area contributed by atoms with Gasteiger partial charge >= 0.3 is 12.3 Å². The lowest BCUT2D eigenvalue weighted by Gasteiger charge is -2.34. The van der Waals surface area contributed by atoms with Gasteiger partial charge in [0.15, 0.2) is 0 Å². The smallest absolute Gasteiger partial charge is 0.419 e. The molecule has 7 rings (SSSR count). The summed E-state index contributed by atoms with van der Waals surface area (Å²) in [5.74, 6) is 0.727. The highest BCUT2D eigenvalue weighted by Gasteiger charge is 2.36. The number of hydrogen-bond donors (Lipinski definition) is 2. The van der Waals surface area contributed by atoms with E-state index in [0.717, 1.165) is 41.9 Å². The number of likely N-dealkylation sites (tertiary alicyclic amines) is 1. The third kappa shape index (κ3) is 6.53. The number of hydrogen-bond acceptors (Lipinski definition) is 8. The van der Waals surface area contributed by atoms with Gasteiger partial charge in [-0.1, -0.05) is 30.3 Å². The molecule has 0 aliphatic carbocycles. The highest BCUT2D eigenvalue weighted by atomic mass is 19.4. The van der Waals surface area contributed by atoms with Gasteiger partial charge in [-0.25, -0.2) is 24.1 Å². The van der Waals surface area contributed by atoms with Gasteiger partial charge in [-0.3, -0.25) is 0 Å². The molecule has 3 aliphatic rings. The average Bonchev–Trinajstić information content (AvgIpc) is 3.82. The molecule has 0 radical (unpaired) electrons. The van der Waals surface area contributed by atoms with Gasteiger partial charge in [-0.2, -0.15) is 13.2 Å². The highest BCUT2D eigenvalue weighted by Crippen LogP contribution is 2.38. The number of carbonyl (C=O) groups is 1. The van der Waals surface area contributed by atoms with Crippen LogP contribution in [-0.4, -0.2) is 67.5 Å². The van der Waals surface area contributed by atoms with Crippen molar-refractivity contribution in [3.8, 4) is 11.3 Å². The first kappa shape index (κ1) is 31.9. The van der Waals surface area contributed by atoms with Crippen LogP contribution in [0, 0.1) is 5.82 Å². The lowest BCUT2D eigenvalue weighted by Crippen LogP contribution is -2.39. The maximum atomic E-state index is 14.2. The van der Waals surface area contributed by atoms with Gasteiger partial charge < -0.3 is 29.5 Å². The number of alkyl halides is 3. The van der Waals surface area contributed by atoms with Crippen molar-refractivity contribution in [3.05, 3.63) is 89.4 Å². The van der Waals surface area contributed by atoms with Crippen LogP contribution in [0.25, 0.3) is 11.3 Å². The Labute approximate surface area is 274 Å². The molecule has 48 heavy (non-hydrogen) atoms. The molecule has 3 aliphatic heterocycles. The summed E-state index contributed by atoms with van der Waals surface area (Å²) in [6.07, 6.45) is 0.519. The molecule has 0 spiro atoms. The molecule has 0 saturated carbocycles. The Bertz CT molecular complexity index is 1780. The fourth-order valence-corrected chi connectivity index (χ4v) is 6.98. The van der Waals surface area contributed by atoms with Crippen LogP contribution in [0.3, 0.4) is 0 Å². The van der Waals surface area contributed by atoms with Crippen LogP contribution in [0.2, 0.25) is 0 Å². The predicted octanol–water partition coefficient (Wildman–Crippen LogP) is 5.97. The van der Waals surface area contributed by atoms with E-state index in [-0.39, 0.29) is 24.1 Å². The Kier molecular flexibility index (Phi) is 8.67. The maximum absolute atomic E-state index is 14.2. The summed E-state index contributed by atoms with van der Waals surface area (Å²) < 4.78 is 62.6. The van der Waals surface area contributed by atoms with E-state index >= 15 is 0 Å². The first-order valence-corrected chi connectivity index (χ1v) is 16.1. The number of ether oxygens (including phenoxy) is 1. The molecule has 2 fully saturated rings. The van der Waals surface area contributed by atoms with Crippen molar-refractivity contribution >= 4 is 17.7 Å². The predicted molar refractivity (Wildman–Crippen MR) is 169 cm³/mol. The topological polar surface area (TPSA) is 109 Å². The van der Waals surface area contributed by atoms with Crippen molar-refractivity contribution in [1.82, 2.24) is 24.4 Å². The number of halogens is 4. The Hall–Kier alpha value is -4.72. The lowest BCUT2D eigenvalue weighted by molar-refractivity contribution is -0.139. The fraction of sp³-hybridized carbons (Fsp3) is 0.412. The summed E-state index contributed by atoms with van der Waals surface area (Å²) in [6.45, 7) is 2.36. The summed E-state index contributed by atoms with van der Waals surface area (Å²) in [5, 5.41) is 13.0. The quantitative estimate of drug-likeness (QED) is 0.233. The van der Waals surface area contributed by atoms with Crippen LogP contribution in [0.4, 0.5) is 34.0 Å². The van der Waals surface area contributed by atoms with Crippen LogP contribution in [0.15, 0.2) is 61.1 Å². The molecule has 2 aromatic heterocycles. The minimum Gasteiger partial charge on any atom is -0.445 e. The summed E-state index contributed by atoms with van der Waals surface area (Å²) in [7, 11) is 0. The number of anilines is 2. The highest BCUT2D eigenvalue weighted by molar-refractivity contribution is 5.68. The fourth-order valence-electron chi connectivity index (χ4n) is 6.98. The van der Waals surface area contributed by atoms with E-state index in [0.29, 0.717) is 62.8 Å². The Morgan fingerprint density at radius 3 is 2.60 bits per heavy atom. The second-order valence-corrected chi connectivity index (χ2v) is 12.5. The molecule has 2 aromatic carbocycles. The summed E-state index contributed by atoms with van der Waals surface area (Å²) in [5.41, 5.74) is 0.873. The van der Waals surface area contributed by atoms with Gasteiger partial charge in [-0.15, -0.1) is 0 Å². The van der Waals surface area contributed by atoms with Gasteiger partial charge in [-0.05, 0) is 49.4 Å². The third-order valence-electron chi connectivity index (χ3n) is 9.38. The molecule has 0 bridgehead atoms. The Morgan fingerprint density at radius 1 is 1.04 bits per heavy atom. The van der Waals surface area contributed by atoms with Crippen LogP contribution in [-0.2, 0) is 30.5 Å². The number of amides is 1. The number of aliphatic hydroxyl groups excluding tert-OH is 1. The minimum atomic E-state index is -4.85. The number of rotatable bonds is 7. The summed E-state index contributed by atoms with van der Waals surface area (Å²) in [4.78, 5) is 30.6. The van der Waals surface area contributed by atoms with E-state index in [4.69, 9.17) is 9.72 Å². The molecule has 2 saturated heterocycles. The number of imidazole rings is 1. The second-order valence-electron chi connectivity index (χ2n) is 12.5. The van der Waals surface area contributed by atoms with Crippen LogP contribution >= 0.6 is 0 Å². The van der Waals surface area contributed by atoms with Crippen molar-refractivity contribution in [2.24, 2.45) is 0 Å². The minimum absolute atomic E-state index is 0.0315. The van der Waals surface area contributed by atoms with E-state index in [1.54, 1.807) is 11.1 Å². The first-order valence-electron chi connectivity index (χ1n) is 16.1. The molecule has 1 amide bonds. The summed E-state index contributed by atoms with van der Waals surface area (Å²) in [6, 6.07) is 12.2. The molecule has 2 N–H and O–H groups in total. The van der Waals surface area contributed by atoms with E-state index in [1.807, 2.05) is 34.9 Å². The maximum Gasteiger partial charge on any atom is 0.419 e. The Balaban J connectivity index is 1.14. The van der Waals surface area contributed by atoms with E-state index in [1.165, 1.54) is 12.4 Å². The first-order chi connectivity index (χ1) is 23.1. The molecule has 2 atom stereocenters. The number of carbonyl (C=O) groups excluding carboxylic acids is 1. The molecule has 4 aromatic rings. The third-order valence-corrected chi connectivity index (χ3v) is 9.38. The Morgan fingerprint density at radius 2 is 1.83 bits per heavy atom. The standard InChI is InChI=1S/C34H35F4N7O3/c35-27-9-8-23(15-26(27)34(36,37)38)28-18-44(17-24-7-4-12-45(24)33(47)48-19-21-5-2-1-3-6-21)31(41-28)22-10-13-43(14-11-22)32-25-16-29(46)42-30(25)39-20-40-32/h1-3,5-6,8-9,15,18,20,22,24,29,46H,4,7,10-14,16-17,19H2,(H,39,40,42). The second kappa shape index (κ2) is 13.1. The molecule has 5 heterocycles. The van der Waals surface area contributed by atoms with Crippen molar-refractivity contribution in [2.45, 2.75) is 69.6 Å². The van der Waals surface area contributed by atoms with Gasteiger partial charge in [0.2, 0.25) is 0 Å². The van der Waals surface area contributed by atoms with Gasteiger partial charge in [0.25, 0.3) is 0 Å². The largest absolute Gasteiger partial charge is 0.445 e.